The largest absolute Gasteiger partial charge is 0.465 e. The highest BCUT2D eigenvalue weighted by atomic mass is 35.5. The highest BCUT2D eigenvalue weighted by molar-refractivity contribution is 8.00. The van der Waals surface area contributed by atoms with Crippen molar-refractivity contribution in [1.82, 2.24) is 14.8 Å². The van der Waals surface area contributed by atoms with Crippen molar-refractivity contribution in [3.8, 4) is 5.69 Å². The van der Waals surface area contributed by atoms with Gasteiger partial charge >= 0.3 is 5.97 Å². The molecule has 0 unspecified atom stereocenters. The van der Waals surface area contributed by atoms with Gasteiger partial charge < -0.3 is 10.1 Å². The van der Waals surface area contributed by atoms with Crippen molar-refractivity contribution in [2.45, 2.75) is 6.92 Å². The summed E-state index contributed by atoms with van der Waals surface area (Å²) in [6.45, 7) is 2.06. The van der Waals surface area contributed by atoms with Gasteiger partial charge in [0.25, 0.3) is 0 Å². The number of amides is 1. The van der Waals surface area contributed by atoms with E-state index in [2.05, 4.69) is 15.4 Å². The fourth-order valence-electron chi connectivity index (χ4n) is 1.76. The van der Waals surface area contributed by atoms with E-state index in [1.165, 1.54) is 29.1 Å². The Hall–Kier alpha value is -2.06. The number of hydrogen-bond donors (Lipinski definition) is 1. The molecule has 0 saturated carbocycles. The molecule has 0 saturated heterocycles. The summed E-state index contributed by atoms with van der Waals surface area (Å²) >= 11 is 7.16. The number of nitrogens with zero attached hydrogens (tertiary/aromatic N) is 3. The Morgan fingerprint density at radius 3 is 2.91 bits per heavy atom. The van der Waals surface area contributed by atoms with Gasteiger partial charge in [0.2, 0.25) is 5.91 Å². The van der Waals surface area contributed by atoms with Crippen molar-refractivity contribution in [3.63, 3.8) is 0 Å². The van der Waals surface area contributed by atoms with Gasteiger partial charge in [0.05, 0.1) is 29.5 Å². The molecule has 0 fully saturated rings. The van der Waals surface area contributed by atoms with Crippen LogP contribution in [0.25, 0.3) is 5.69 Å². The Morgan fingerprint density at radius 1 is 1.39 bits per heavy atom. The lowest BCUT2D eigenvalue weighted by Gasteiger charge is -2.11. The minimum absolute atomic E-state index is 0.127. The van der Waals surface area contributed by atoms with Crippen LogP contribution < -0.4 is 5.32 Å². The van der Waals surface area contributed by atoms with E-state index < -0.39 is 0 Å². The second-order valence-corrected chi connectivity index (χ2v) is 5.77. The standard InChI is InChI=1S/C14H15ClN4O3S/c1-2-22-14(21)7-23-6-13(20)18-11-5-10(15)3-4-12(11)19-9-16-8-17-19/h3-5,8-9H,2,6-7H2,1H3,(H,18,20). The van der Waals surface area contributed by atoms with Crippen LogP contribution in [0.1, 0.15) is 6.92 Å². The number of ether oxygens (including phenoxy) is 1. The topological polar surface area (TPSA) is 86.1 Å². The van der Waals surface area contributed by atoms with Gasteiger partial charge in [-0.05, 0) is 25.1 Å². The van der Waals surface area contributed by atoms with E-state index in [9.17, 15) is 9.59 Å². The Kier molecular flexibility index (Phi) is 6.42. The third-order valence-electron chi connectivity index (χ3n) is 2.66. The molecule has 1 heterocycles. The summed E-state index contributed by atoms with van der Waals surface area (Å²) in [6.07, 6.45) is 2.92. The van der Waals surface area contributed by atoms with E-state index in [4.69, 9.17) is 16.3 Å². The number of carbonyl (C=O) groups excluding carboxylic acids is 2. The molecule has 7 nitrogen and oxygen atoms in total. The van der Waals surface area contributed by atoms with Crippen molar-refractivity contribution in [1.29, 1.82) is 0 Å². The smallest absolute Gasteiger partial charge is 0.315 e. The molecule has 1 aromatic carbocycles. The molecule has 0 atom stereocenters. The fourth-order valence-corrected chi connectivity index (χ4v) is 2.54. The van der Waals surface area contributed by atoms with E-state index >= 15 is 0 Å². The Labute approximate surface area is 142 Å². The summed E-state index contributed by atoms with van der Waals surface area (Å²) in [4.78, 5) is 27.1. The normalized spacial score (nSPS) is 10.3. The lowest BCUT2D eigenvalue weighted by molar-refractivity contribution is -0.139. The van der Waals surface area contributed by atoms with Gasteiger partial charge in [0, 0.05) is 5.02 Å². The highest BCUT2D eigenvalue weighted by Crippen LogP contribution is 2.24. The predicted molar refractivity (Wildman–Crippen MR) is 89.0 cm³/mol. The number of benzene rings is 1. The number of hydrogen-bond acceptors (Lipinski definition) is 6. The molecular formula is C14H15ClN4O3S. The van der Waals surface area contributed by atoms with Crippen molar-refractivity contribution in [2.24, 2.45) is 0 Å². The second kappa shape index (κ2) is 8.54. The van der Waals surface area contributed by atoms with Crippen LogP contribution in [0.5, 0.6) is 0 Å². The number of carbonyl (C=O) groups is 2. The van der Waals surface area contributed by atoms with Crippen molar-refractivity contribution in [3.05, 3.63) is 35.9 Å². The molecule has 2 rings (SSSR count). The van der Waals surface area contributed by atoms with E-state index in [0.29, 0.717) is 23.0 Å². The average molecular weight is 355 g/mol. The number of nitrogens with one attached hydrogen (secondary N) is 1. The summed E-state index contributed by atoms with van der Waals surface area (Å²) in [6, 6.07) is 5.06. The maximum Gasteiger partial charge on any atom is 0.315 e. The zero-order chi connectivity index (χ0) is 16.7. The first-order chi connectivity index (χ1) is 11.1. The Balaban J connectivity index is 1.98. The van der Waals surface area contributed by atoms with E-state index in [1.54, 1.807) is 25.1 Å². The van der Waals surface area contributed by atoms with Gasteiger partial charge in [0.15, 0.2) is 0 Å². The van der Waals surface area contributed by atoms with Crippen molar-refractivity contribution < 1.29 is 14.3 Å². The van der Waals surface area contributed by atoms with E-state index in [1.807, 2.05) is 0 Å². The van der Waals surface area contributed by atoms with Gasteiger partial charge in [0.1, 0.15) is 12.7 Å². The average Bonchev–Trinajstić information content (AvgIpc) is 3.01. The SMILES string of the molecule is CCOC(=O)CSCC(=O)Nc1cc(Cl)ccc1-n1cncn1. The molecule has 1 amide bonds. The van der Waals surface area contributed by atoms with Crippen LogP contribution in [0.2, 0.25) is 5.02 Å². The summed E-state index contributed by atoms with van der Waals surface area (Å²) < 4.78 is 6.32. The van der Waals surface area contributed by atoms with Crippen molar-refractivity contribution >= 4 is 40.9 Å². The number of esters is 1. The summed E-state index contributed by atoms with van der Waals surface area (Å²) in [5.41, 5.74) is 1.17. The van der Waals surface area contributed by atoms with Crippen molar-refractivity contribution in [2.75, 3.05) is 23.4 Å². The zero-order valence-corrected chi connectivity index (χ0v) is 13.9. The molecule has 23 heavy (non-hydrogen) atoms. The van der Waals surface area contributed by atoms with Crippen LogP contribution >= 0.6 is 23.4 Å². The predicted octanol–water partition coefficient (Wildman–Crippen LogP) is 2.16. The number of rotatable bonds is 7. The molecular weight excluding hydrogens is 340 g/mol. The number of thioether (sulfide) groups is 1. The van der Waals surface area contributed by atoms with Crippen LogP contribution in [-0.4, -0.2) is 44.8 Å². The Morgan fingerprint density at radius 2 is 2.22 bits per heavy atom. The first-order valence-electron chi connectivity index (χ1n) is 6.78. The molecule has 0 radical (unpaired) electrons. The summed E-state index contributed by atoms with van der Waals surface area (Å²) in [5.74, 6) is -0.325. The molecule has 1 aromatic heterocycles. The molecule has 1 N–H and O–H groups in total. The van der Waals surface area contributed by atoms with Crippen LogP contribution in [0, 0.1) is 0 Å². The molecule has 2 aromatic rings. The van der Waals surface area contributed by atoms with Gasteiger partial charge in [-0.25, -0.2) is 9.67 Å². The number of anilines is 1. The zero-order valence-electron chi connectivity index (χ0n) is 12.4. The van der Waals surface area contributed by atoms with Gasteiger partial charge in [-0.15, -0.1) is 11.8 Å². The minimum atomic E-state index is -0.337. The lowest BCUT2D eigenvalue weighted by atomic mass is 10.2. The quantitative estimate of drug-likeness (QED) is 0.767. The van der Waals surface area contributed by atoms with Gasteiger partial charge in [-0.1, -0.05) is 11.6 Å². The van der Waals surface area contributed by atoms with Crippen LogP contribution in [0.15, 0.2) is 30.9 Å². The van der Waals surface area contributed by atoms with Crippen LogP contribution in [0.4, 0.5) is 5.69 Å². The molecule has 0 aliphatic rings. The molecule has 9 heteroatoms. The molecule has 122 valence electrons. The maximum atomic E-state index is 12.0. The first-order valence-corrected chi connectivity index (χ1v) is 8.31. The van der Waals surface area contributed by atoms with E-state index in [-0.39, 0.29) is 23.4 Å². The minimum Gasteiger partial charge on any atom is -0.465 e. The van der Waals surface area contributed by atoms with Crippen LogP contribution in [-0.2, 0) is 14.3 Å². The summed E-state index contributed by atoms with van der Waals surface area (Å²) in [5, 5.41) is 7.28. The monoisotopic (exact) mass is 354 g/mol. The fraction of sp³-hybridized carbons (Fsp3) is 0.286. The Bertz CT molecular complexity index is 679. The van der Waals surface area contributed by atoms with Crippen LogP contribution in [0.3, 0.4) is 0 Å². The second-order valence-electron chi connectivity index (χ2n) is 4.35. The third-order valence-corrected chi connectivity index (χ3v) is 3.80. The van der Waals surface area contributed by atoms with Gasteiger partial charge in [-0.2, -0.15) is 5.10 Å². The molecule has 0 bridgehead atoms. The van der Waals surface area contributed by atoms with Gasteiger partial charge in [-0.3, -0.25) is 9.59 Å². The number of halogens is 1. The molecule has 0 aliphatic heterocycles. The lowest BCUT2D eigenvalue weighted by Crippen LogP contribution is -2.17. The number of aromatic nitrogens is 3. The summed E-state index contributed by atoms with van der Waals surface area (Å²) in [7, 11) is 0. The van der Waals surface area contributed by atoms with E-state index in [0.717, 1.165) is 0 Å². The maximum absolute atomic E-state index is 12.0. The third kappa shape index (κ3) is 5.26. The molecule has 0 spiro atoms. The highest BCUT2D eigenvalue weighted by Gasteiger charge is 2.11. The first kappa shape index (κ1) is 17.3. The molecule has 0 aliphatic carbocycles.